The van der Waals surface area contributed by atoms with Gasteiger partial charge in [0.25, 0.3) is 0 Å². The maximum Gasteiger partial charge on any atom is 0.146 e. The van der Waals surface area contributed by atoms with Crippen molar-refractivity contribution in [2.45, 2.75) is 64.8 Å². The second-order valence-corrected chi connectivity index (χ2v) is 5.20. The molecule has 2 nitrogen and oxygen atoms in total. The quantitative estimate of drug-likeness (QED) is 0.760. The van der Waals surface area contributed by atoms with E-state index in [-0.39, 0.29) is 11.8 Å². The zero-order valence-corrected chi connectivity index (χ0v) is 10.2. The van der Waals surface area contributed by atoms with Gasteiger partial charge in [-0.15, -0.1) is 0 Å². The van der Waals surface area contributed by atoms with Gasteiger partial charge in [0.15, 0.2) is 0 Å². The van der Waals surface area contributed by atoms with Gasteiger partial charge >= 0.3 is 0 Å². The van der Waals surface area contributed by atoms with Gasteiger partial charge in [-0.05, 0) is 25.2 Å². The number of ketones is 1. The van der Waals surface area contributed by atoms with Crippen LogP contribution in [0.3, 0.4) is 0 Å². The molecule has 2 unspecified atom stereocenters. The summed E-state index contributed by atoms with van der Waals surface area (Å²) in [4.78, 5) is 11.1. The van der Waals surface area contributed by atoms with Crippen LogP contribution < -0.4 is 5.73 Å². The minimum absolute atomic E-state index is 0.131. The maximum atomic E-state index is 11.1. The van der Waals surface area contributed by atoms with Gasteiger partial charge in [0.2, 0.25) is 0 Å². The number of carbonyl (C=O) groups is 1. The Balaban J connectivity index is 2.20. The summed E-state index contributed by atoms with van der Waals surface area (Å²) in [6.45, 7) is 3.71. The van der Waals surface area contributed by atoms with E-state index in [4.69, 9.17) is 5.73 Å². The molecule has 0 saturated heterocycles. The van der Waals surface area contributed by atoms with E-state index in [2.05, 4.69) is 6.92 Å². The molecule has 2 atom stereocenters. The number of hydrogen-bond donors (Lipinski definition) is 1. The lowest BCUT2D eigenvalue weighted by molar-refractivity contribution is -0.119. The van der Waals surface area contributed by atoms with E-state index >= 15 is 0 Å². The van der Waals surface area contributed by atoms with Crippen LogP contribution >= 0.6 is 0 Å². The molecule has 0 radical (unpaired) electrons. The summed E-state index contributed by atoms with van der Waals surface area (Å²) < 4.78 is 0. The van der Waals surface area contributed by atoms with Crippen molar-refractivity contribution in [2.24, 2.45) is 17.6 Å². The van der Waals surface area contributed by atoms with Crippen molar-refractivity contribution in [3.05, 3.63) is 0 Å². The minimum atomic E-state index is -0.242. The summed E-state index contributed by atoms with van der Waals surface area (Å²) in [7, 11) is 0. The summed E-state index contributed by atoms with van der Waals surface area (Å²) in [5.41, 5.74) is 5.83. The smallest absolute Gasteiger partial charge is 0.146 e. The van der Waals surface area contributed by atoms with Crippen molar-refractivity contribution in [3.63, 3.8) is 0 Å². The summed E-state index contributed by atoms with van der Waals surface area (Å²) >= 11 is 0. The predicted octanol–water partition coefficient (Wildman–Crippen LogP) is 2.90. The van der Waals surface area contributed by atoms with Gasteiger partial charge in [0, 0.05) is 0 Å². The molecule has 88 valence electrons. The third-order valence-electron chi connectivity index (χ3n) is 3.84. The summed E-state index contributed by atoms with van der Waals surface area (Å²) in [5, 5.41) is 0. The standard InChI is InChI=1S/C13H25NO/c1-10(13(14)11(2)15)8-9-12-6-4-3-5-7-12/h10,12-13H,3-9,14H2,1-2H3. The Kier molecular flexibility index (Phi) is 5.30. The molecule has 0 amide bonds. The summed E-state index contributed by atoms with van der Waals surface area (Å²) in [6, 6.07) is -0.242. The van der Waals surface area contributed by atoms with Gasteiger partial charge in [0.05, 0.1) is 6.04 Å². The van der Waals surface area contributed by atoms with Crippen molar-refractivity contribution in [3.8, 4) is 0 Å². The Morgan fingerprint density at radius 2 is 1.93 bits per heavy atom. The van der Waals surface area contributed by atoms with Crippen molar-refractivity contribution in [2.75, 3.05) is 0 Å². The molecule has 15 heavy (non-hydrogen) atoms. The fraction of sp³-hybridized carbons (Fsp3) is 0.923. The highest BCUT2D eigenvalue weighted by molar-refractivity contribution is 5.81. The van der Waals surface area contributed by atoms with Crippen molar-refractivity contribution < 1.29 is 4.79 Å². The maximum absolute atomic E-state index is 11.1. The van der Waals surface area contributed by atoms with Crippen LogP contribution in [0.4, 0.5) is 0 Å². The number of rotatable bonds is 5. The molecule has 0 aromatic carbocycles. The molecule has 0 bridgehead atoms. The van der Waals surface area contributed by atoms with E-state index in [1.54, 1.807) is 6.92 Å². The largest absolute Gasteiger partial charge is 0.321 e. The first kappa shape index (κ1) is 12.7. The first-order valence-electron chi connectivity index (χ1n) is 6.37. The normalized spacial score (nSPS) is 22.3. The van der Waals surface area contributed by atoms with Crippen LogP contribution in [0.1, 0.15) is 58.8 Å². The molecule has 0 aromatic rings. The van der Waals surface area contributed by atoms with E-state index in [0.717, 1.165) is 12.3 Å². The number of carbonyl (C=O) groups excluding carboxylic acids is 1. The van der Waals surface area contributed by atoms with E-state index < -0.39 is 0 Å². The predicted molar refractivity (Wildman–Crippen MR) is 63.6 cm³/mol. The van der Waals surface area contributed by atoms with Gasteiger partial charge in [-0.2, -0.15) is 0 Å². The molecule has 2 heteroatoms. The van der Waals surface area contributed by atoms with Crippen molar-refractivity contribution in [1.29, 1.82) is 0 Å². The molecule has 0 aromatic heterocycles. The fourth-order valence-corrected chi connectivity index (χ4v) is 2.55. The van der Waals surface area contributed by atoms with Gasteiger partial charge in [-0.3, -0.25) is 4.79 Å². The number of nitrogens with two attached hydrogens (primary N) is 1. The first-order chi connectivity index (χ1) is 7.11. The minimum Gasteiger partial charge on any atom is -0.321 e. The molecule has 0 aliphatic heterocycles. The average molecular weight is 211 g/mol. The van der Waals surface area contributed by atoms with Crippen molar-refractivity contribution in [1.82, 2.24) is 0 Å². The molecular formula is C13H25NO. The Bertz CT molecular complexity index is 197. The zero-order valence-electron chi connectivity index (χ0n) is 10.2. The molecule has 1 saturated carbocycles. The summed E-state index contributed by atoms with van der Waals surface area (Å²) in [6.07, 6.45) is 9.38. The Morgan fingerprint density at radius 1 is 1.33 bits per heavy atom. The first-order valence-corrected chi connectivity index (χ1v) is 6.37. The third-order valence-corrected chi connectivity index (χ3v) is 3.84. The lowest BCUT2D eigenvalue weighted by atomic mass is 9.83. The van der Waals surface area contributed by atoms with Crippen LogP contribution in [0.5, 0.6) is 0 Å². The van der Waals surface area contributed by atoms with Gasteiger partial charge < -0.3 is 5.73 Å². The topological polar surface area (TPSA) is 43.1 Å². The molecule has 0 spiro atoms. The average Bonchev–Trinajstić information content (AvgIpc) is 2.26. The number of Topliss-reactive ketones (excluding diaryl/α,β-unsaturated/α-hetero) is 1. The van der Waals surface area contributed by atoms with Crippen LogP contribution in [0, 0.1) is 11.8 Å². The van der Waals surface area contributed by atoms with Gasteiger partial charge in [0.1, 0.15) is 5.78 Å². The fourth-order valence-electron chi connectivity index (χ4n) is 2.55. The second-order valence-electron chi connectivity index (χ2n) is 5.20. The Labute approximate surface area is 93.6 Å². The molecule has 1 aliphatic rings. The summed E-state index contributed by atoms with van der Waals surface area (Å²) in [5.74, 6) is 1.39. The third kappa shape index (κ3) is 4.33. The molecule has 1 aliphatic carbocycles. The zero-order chi connectivity index (χ0) is 11.3. The molecule has 0 heterocycles. The lowest BCUT2D eigenvalue weighted by Gasteiger charge is -2.24. The Morgan fingerprint density at radius 3 is 2.47 bits per heavy atom. The van der Waals surface area contributed by atoms with Crippen LogP contribution in [0.2, 0.25) is 0 Å². The monoisotopic (exact) mass is 211 g/mol. The van der Waals surface area contributed by atoms with Crippen LogP contribution in [0.15, 0.2) is 0 Å². The lowest BCUT2D eigenvalue weighted by Crippen LogP contribution is -2.35. The van der Waals surface area contributed by atoms with E-state index in [1.165, 1.54) is 38.5 Å². The van der Waals surface area contributed by atoms with Gasteiger partial charge in [-0.1, -0.05) is 45.4 Å². The SMILES string of the molecule is CC(=O)C(N)C(C)CCC1CCCCC1. The highest BCUT2D eigenvalue weighted by atomic mass is 16.1. The van der Waals surface area contributed by atoms with Crippen LogP contribution in [-0.2, 0) is 4.79 Å². The molecule has 1 fully saturated rings. The highest BCUT2D eigenvalue weighted by Gasteiger charge is 2.19. The molecule has 1 rings (SSSR count). The van der Waals surface area contributed by atoms with E-state index in [1.807, 2.05) is 0 Å². The van der Waals surface area contributed by atoms with Crippen LogP contribution in [0.25, 0.3) is 0 Å². The van der Waals surface area contributed by atoms with Gasteiger partial charge in [-0.25, -0.2) is 0 Å². The van der Waals surface area contributed by atoms with Crippen LogP contribution in [-0.4, -0.2) is 11.8 Å². The molecule has 2 N–H and O–H groups in total. The van der Waals surface area contributed by atoms with Crippen molar-refractivity contribution >= 4 is 5.78 Å². The number of hydrogen-bond acceptors (Lipinski definition) is 2. The molecular weight excluding hydrogens is 186 g/mol. The highest BCUT2D eigenvalue weighted by Crippen LogP contribution is 2.28. The van der Waals surface area contributed by atoms with E-state index in [0.29, 0.717) is 5.92 Å². The second kappa shape index (κ2) is 6.26. The Hall–Kier alpha value is -0.370. The van der Waals surface area contributed by atoms with E-state index in [9.17, 15) is 4.79 Å².